The highest BCUT2D eigenvalue weighted by atomic mass is 16.5. The summed E-state index contributed by atoms with van der Waals surface area (Å²) in [5.74, 6) is -0.708. The Labute approximate surface area is 41.9 Å². The second-order valence-electron chi connectivity index (χ2n) is 1.17. The molecule has 0 aromatic rings. The summed E-state index contributed by atoms with van der Waals surface area (Å²) in [6.45, 7) is 1.24. The summed E-state index contributed by atoms with van der Waals surface area (Å²) in [7, 11) is 1.19. The van der Waals surface area contributed by atoms with Crippen molar-refractivity contribution in [3.63, 3.8) is 0 Å². The molecule has 1 unspecified atom stereocenters. The molecule has 0 bridgehead atoms. The Bertz CT molecular complexity index is 67.3. The Balaban J connectivity index is 3.35. The molecule has 0 amide bonds. The molecule has 0 spiro atoms. The topological polar surface area (TPSA) is 46.2 Å². The first-order valence-electron chi connectivity index (χ1n) is 1.92. The molecule has 3 heteroatoms. The van der Waals surface area contributed by atoms with Gasteiger partial charge in [0, 0.05) is 0 Å². The molecule has 0 aliphatic carbocycles. The lowest BCUT2D eigenvalue weighted by Gasteiger charge is -1.94. The van der Waals surface area contributed by atoms with Gasteiger partial charge in [-0.2, -0.15) is 0 Å². The highest BCUT2D eigenvalue weighted by Crippen LogP contribution is 1.81. The third-order valence-corrected chi connectivity index (χ3v) is 0.533. The van der Waals surface area contributed by atoms with E-state index in [1.54, 1.807) is 0 Å². The van der Waals surface area contributed by atoms with Crippen LogP contribution >= 0.6 is 0 Å². The van der Waals surface area contributed by atoms with E-state index in [9.17, 15) is 9.90 Å². The quantitative estimate of drug-likeness (QED) is 0.438. The van der Waals surface area contributed by atoms with Crippen LogP contribution in [0, 0.1) is 0 Å². The molecule has 0 saturated carbocycles. The van der Waals surface area contributed by atoms with E-state index in [1.165, 1.54) is 14.0 Å². The van der Waals surface area contributed by atoms with Crippen LogP contribution in [0.2, 0.25) is 0 Å². The first-order valence-corrected chi connectivity index (χ1v) is 1.92. The average molecular weight is 103 g/mol. The van der Waals surface area contributed by atoms with Crippen LogP contribution in [0.15, 0.2) is 0 Å². The molecule has 7 heavy (non-hydrogen) atoms. The Morgan fingerprint density at radius 1 is 1.71 bits per heavy atom. The van der Waals surface area contributed by atoms with E-state index in [0.717, 1.165) is 0 Å². The molecule has 0 aromatic carbocycles. The number of hydrogen-bond acceptors (Lipinski definition) is 2. The molecule has 0 saturated heterocycles. The highest BCUT2D eigenvalue weighted by molar-refractivity contribution is 5.73. The van der Waals surface area contributed by atoms with Gasteiger partial charge >= 0.3 is 5.97 Å². The van der Waals surface area contributed by atoms with E-state index in [-0.39, 0.29) is 0 Å². The van der Waals surface area contributed by atoms with E-state index in [1.807, 2.05) is 0 Å². The molecule has 0 heterocycles. The lowest BCUT2D eigenvalue weighted by Crippen LogP contribution is -2.15. The minimum atomic E-state index is -1.25. The Morgan fingerprint density at radius 3 is 2.14 bits per heavy atom. The monoisotopic (exact) mass is 103 g/mol. The van der Waals surface area contributed by atoms with Gasteiger partial charge in [0.25, 0.3) is 0 Å². The summed E-state index contributed by atoms with van der Waals surface area (Å²) in [6.07, 6.45) is -1.25. The Kier molecular flexibility index (Phi) is 2.37. The molecule has 0 fully saturated rings. The predicted molar refractivity (Wildman–Crippen MR) is 22.2 cm³/mol. The molecule has 1 radical (unpaired) electrons. The molecule has 0 aliphatic heterocycles. The third-order valence-electron chi connectivity index (χ3n) is 0.533. The molecule has 0 rings (SSSR count). The predicted octanol–water partition coefficient (Wildman–Crippen LogP) is -0.0216. The molecule has 0 N–H and O–H groups in total. The fourth-order valence-electron chi connectivity index (χ4n) is 0.166. The van der Waals surface area contributed by atoms with Gasteiger partial charge < -0.3 is 4.74 Å². The Hall–Kier alpha value is -0.570. The summed E-state index contributed by atoms with van der Waals surface area (Å²) in [4.78, 5) is 9.98. The van der Waals surface area contributed by atoms with Gasteiger partial charge in [-0.25, -0.2) is 9.90 Å². The van der Waals surface area contributed by atoms with Gasteiger partial charge in [-0.15, -0.1) is 0 Å². The van der Waals surface area contributed by atoms with Gasteiger partial charge in [-0.05, 0) is 6.92 Å². The second-order valence-corrected chi connectivity index (χ2v) is 1.17. The minimum Gasteiger partial charge on any atom is -0.467 e. The van der Waals surface area contributed by atoms with Gasteiger partial charge in [-0.1, -0.05) is 0 Å². The number of carbonyl (C=O) groups excluding carboxylic acids is 1. The standard InChI is InChI=1S/C4H7O3/c1-3(5)4(6)7-2/h3H,1-2H3. The molecule has 41 valence electrons. The zero-order valence-electron chi connectivity index (χ0n) is 4.30. The number of hydrogen-bond donors (Lipinski definition) is 0. The molecule has 1 atom stereocenters. The maximum atomic E-state index is 9.98. The van der Waals surface area contributed by atoms with Crippen LogP contribution in [-0.2, 0) is 14.6 Å². The van der Waals surface area contributed by atoms with E-state index in [4.69, 9.17) is 0 Å². The van der Waals surface area contributed by atoms with E-state index >= 15 is 0 Å². The summed E-state index contributed by atoms with van der Waals surface area (Å²) < 4.78 is 4.06. The van der Waals surface area contributed by atoms with Crippen LogP contribution in [0.4, 0.5) is 0 Å². The first-order chi connectivity index (χ1) is 3.18. The van der Waals surface area contributed by atoms with Crippen LogP contribution in [0.5, 0.6) is 0 Å². The minimum absolute atomic E-state index is 0.708. The summed E-state index contributed by atoms with van der Waals surface area (Å²) in [5.41, 5.74) is 0. The average Bonchev–Trinajstić information content (AvgIpc) is 1.65. The van der Waals surface area contributed by atoms with E-state index < -0.39 is 12.1 Å². The van der Waals surface area contributed by atoms with Crippen LogP contribution in [0.1, 0.15) is 6.92 Å². The zero-order chi connectivity index (χ0) is 5.86. The van der Waals surface area contributed by atoms with E-state index in [0.29, 0.717) is 0 Å². The number of ether oxygens (including phenoxy) is 1. The third kappa shape index (κ3) is 2.17. The number of esters is 1. The van der Waals surface area contributed by atoms with Crippen molar-refractivity contribution >= 4 is 5.97 Å². The fraction of sp³-hybridized carbons (Fsp3) is 0.750. The first kappa shape index (κ1) is 6.43. The van der Waals surface area contributed by atoms with Crippen molar-refractivity contribution in [3.8, 4) is 0 Å². The van der Waals surface area contributed by atoms with Crippen molar-refractivity contribution in [1.29, 1.82) is 0 Å². The second kappa shape index (κ2) is 2.58. The van der Waals surface area contributed by atoms with Crippen LogP contribution in [0.3, 0.4) is 0 Å². The van der Waals surface area contributed by atoms with Gasteiger partial charge in [-0.3, -0.25) is 0 Å². The molecular weight excluding hydrogens is 96.0 g/mol. The lowest BCUT2D eigenvalue weighted by atomic mass is 10.4. The van der Waals surface area contributed by atoms with Gasteiger partial charge in [0.1, 0.15) is 0 Å². The van der Waals surface area contributed by atoms with Gasteiger partial charge in [0.2, 0.25) is 0 Å². The maximum absolute atomic E-state index is 9.98. The normalized spacial score (nSPS) is 13.0. The van der Waals surface area contributed by atoms with Crippen molar-refractivity contribution in [1.82, 2.24) is 0 Å². The molecular formula is C4H7O3. The summed E-state index contributed by atoms with van der Waals surface area (Å²) >= 11 is 0. The van der Waals surface area contributed by atoms with Crippen molar-refractivity contribution in [2.24, 2.45) is 0 Å². The molecule has 0 aliphatic rings. The van der Waals surface area contributed by atoms with Crippen molar-refractivity contribution in [3.05, 3.63) is 0 Å². The largest absolute Gasteiger partial charge is 0.467 e. The van der Waals surface area contributed by atoms with Crippen molar-refractivity contribution < 1.29 is 14.6 Å². The number of methoxy groups -OCH3 is 1. The van der Waals surface area contributed by atoms with Crippen LogP contribution in [-0.4, -0.2) is 19.2 Å². The van der Waals surface area contributed by atoms with Crippen molar-refractivity contribution in [2.75, 3.05) is 7.11 Å². The van der Waals surface area contributed by atoms with Crippen LogP contribution < -0.4 is 0 Å². The highest BCUT2D eigenvalue weighted by Gasteiger charge is 2.07. The smallest absolute Gasteiger partial charge is 0.338 e. The number of carbonyl (C=O) groups is 1. The molecule has 0 aromatic heterocycles. The fourth-order valence-corrected chi connectivity index (χ4v) is 0.166. The summed E-state index contributed by atoms with van der Waals surface area (Å²) in [5, 5.41) is 9.98. The maximum Gasteiger partial charge on any atom is 0.338 e. The van der Waals surface area contributed by atoms with Crippen LogP contribution in [0.25, 0.3) is 0 Å². The Morgan fingerprint density at radius 2 is 2.14 bits per heavy atom. The van der Waals surface area contributed by atoms with E-state index in [2.05, 4.69) is 4.74 Å². The van der Waals surface area contributed by atoms with Gasteiger partial charge in [0.05, 0.1) is 7.11 Å². The summed E-state index contributed by atoms with van der Waals surface area (Å²) in [6, 6.07) is 0. The molecule has 3 nitrogen and oxygen atoms in total. The van der Waals surface area contributed by atoms with Gasteiger partial charge in [0.15, 0.2) is 6.10 Å². The zero-order valence-corrected chi connectivity index (χ0v) is 4.30. The SMILES string of the molecule is COC(=O)C(C)[O]. The number of rotatable bonds is 1. The van der Waals surface area contributed by atoms with Crippen molar-refractivity contribution in [2.45, 2.75) is 13.0 Å². The lowest BCUT2D eigenvalue weighted by molar-refractivity contribution is -0.152.